The quantitative estimate of drug-likeness (QED) is 0.547. The Bertz CT molecular complexity index is 158. The van der Waals surface area contributed by atoms with Gasteiger partial charge in [0, 0.05) is 10.8 Å². The Morgan fingerprint density at radius 2 is 0.917 bits per heavy atom. The van der Waals surface area contributed by atoms with E-state index in [-0.39, 0.29) is 0 Å². The van der Waals surface area contributed by atoms with Gasteiger partial charge in [0.05, 0.1) is 26.4 Å². The molecule has 2 heteroatoms. The molecular formula is C10H16O2. The molecule has 0 unspecified atom stereocenters. The third-order valence-electron chi connectivity index (χ3n) is 4.00. The monoisotopic (exact) mass is 168 g/mol. The van der Waals surface area contributed by atoms with Gasteiger partial charge in [0.2, 0.25) is 0 Å². The van der Waals surface area contributed by atoms with Crippen LogP contribution in [0, 0.1) is 10.8 Å². The van der Waals surface area contributed by atoms with Gasteiger partial charge in [-0.05, 0) is 25.7 Å². The van der Waals surface area contributed by atoms with E-state index in [4.69, 9.17) is 9.47 Å². The molecule has 3 fully saturated rings. The molecule has 3 aliphatic rings. The average Bonchev–Trinajstić information content (AvgIpc) is 1.99. The van der Waals surface area contributed by atoms with Gasteiger partial charge >= 0.3 is 0 Å². The first-order valence-electron chi connectivity index (χ1n) is 4.98. The van der Waals surface area contributed by atoms with Gasteiger partial charge in [0.15, 0.2) is 0 Å². The second-order valence-corrected chi connectivity index (χ2v) is 4.99. The molecule has 0 aromatic heterocycles. The smallest absolute Gasteiger partial charge is 0.0544 e. The summed E-state index contributed by atoms with van der Waals surface area (Å²) in [6.07, 6.45) is 5.54. The van der Waals surface area contributed by atoms with Gasteiger partial charge in [0.25, 0.3) is 0 Å². The zero-order chi connectivity index (χ0) is 8.07. The van der Waals surface area contributed by atoms with Gasteiger partial charge in [-0.25, -0.2) is 0 Å². The maximum Gasteiger partial charge on any atom is 0.0544 e. The lowest BCUT2D eigenvalue weighted by Crippen LogP contribution is -2.52. The lowest BCUT2D eigenvalue weighted by Gasteiger charge is -2.53. The fourth-order valence-electron chi connectivity index (χ4n) is 2.67. The highest BCUT2D eigenvalue weighted by Gasteiger charge is 2.49. The normalized spacial score (nSPS) is 36.0. The largest absolute Gasteiger partial charge is 0.380 e. The summed E-state index contributed by atoms with van der Waals surface area (Å²) in [6.45, 7) is 4.13. The van der Waals surface area contributed by atoms with Crippen LogP contribution in [0.25, 0.3) is 0 Å². The Balaban J connectivity index is 1.65. The molecule has 0 atom stereocenters. The molecule has 1 aliphatic carbocycles. The molecule has 0 aromatic rings. The molecule has 0 amide bonds. The Morgan fingerprint density at radius 1 is 0.583 bits per heavy atom. The van der Waals surface area contributed by atoms with E-state index in [1.807, 2.05) is 0 Å². The molecule has 2 saturated heterocycles. The van der Waals surface area contributed by atoms with Crippen molar-refractivity contribution in [3.05, 3.63) is 0 Å². The summed E-state index contributed by atoms with van der Waals surface area (Å²) >= 11 is 0. The van der Waals surface area contributed by atoms with Gasteiger partial charge in [0.1, 0.15) is 0 Å². The molecule has 2 nitrogen and oxygen atoms in total. The number of ether oxygens (including phenoxy) is 2. The highest BCUT2D eigenvalue weighted by atomic mass is 16.5. The number of hydrogen-bond donors (Lipinski definition) is 0. The van der Waals surface area contributed by atoms with Crippen LogP contribution in [0.1, 0.15) is 25.7 Å². The number of hydrogen-bond acceptors (Lipinski definition) is 2. The topological polar surface area (TPSA) is 18.5 Å². The van der Waals surface area contributed by atoms with Crippen LogP contribution in [0.2, 0.25) is 0 Å². The molecule has 12 heavy (non-hydrogen) atoms. The third kappa shape index (κ3) is 0.882. The van der Waals surface area contributed by atoms with E-state index in [1.54, 1.807) is 0 Å². The molecule has 1 saturated carbocycles. The van der Waals surface area contributed by atoms with E-state index < -0.39 is 0 Å². The molecule has 68 valence electrons. The minimum absolute atomic E-state index is 0.612. The molecule has 2 spiro atoms. The Hall–Kier alpha value is -0.0800. The summed E-state index contributed by atoms with van der Waals surface area (Å²) in [6, 6.07) is 0. The van der Waals surface area contributed by atoms with Crippen LogP contribution in [0.5, 0.6) is 0 Å². The second-order valence-electron chi connectivity index (χ2n) is 4.99. The first-order chi connectivity index (χ1) is 5.83. The summed E-state index contributed by atoms with van der Waals surface area (Å²) in [5.41, 5.74) is 1.22. The summed E-state index contributed by atoms with van der Waals surface area (Å²) in [4.78, 5) is 0. The Morgan fingerprint density at radius 3 is 1.08 bits per heavy atom. The van der Waals surface area contributed by atoms with E-state index in [9.17, 15) is 0 Å². The average molecular weight is 168 g/mol. The summed E-state index contributed by atoms with van der Waals surface area (Å²) < 4.78 is 10.6. The van der Waals surface area contributed by atoms with Gasteiger partial charge < -0.3 is 9.47 Å². The van der Waals surface area contributed by atoms with Crippen molar-refractivity contribution >= 4 is 0 Å². The van der Waals surface area contributed by atoms with Crippen molar-refractivity contribution in [3.63, 3.8) is 0 Å². The molecule has 2 heterocycles. The van der Waals surface area contributed by atoms with Crippen molar-refractivity contribution < 1.29 is 9.47 Å². The van der Waals surface area contributed by atoms with Crippen LogP contribution in [0.3, 0.4) is 0 Å². The van der Waals surface area contributed by atoms with Crippen molar-refractivity contribution in [3.8, 4) is 0 Å². The summed E-state index contributed by atoms with van der Waals surface area (Å²) in [7, 11) is 0. The second kappa shape index (κ2) is 2.24. The van der Waals surface area contributed by atoms with Crippen LogP contribution in [0.15, 0.2) is 0 Å². The van der Waals surface area contributed by atoms with Gasteiger partial charge in [-0.1, -0.05) is 0 Å². The van der Waals surface area contributed by atoms with Crippen molar-refractivity contribution in [1.82, 2.24) is 0 Å². The van der Waals surface area contributed by atoms with E-state index in [2.05, 4.69) is 0 Å². The molecule has 0 aromatic carbocycles. The summed E-state index contributed by atoms with van der Waals surface area (Å²) in [5, 5.41) is 0. The van der Waals surface area contributed by atoms with Crippen LogP contribution in [-0.4, -0.2) is 26.4 Å². The fourth-order valence-corrected chi connectivity index (χ4v) is 2.67. The lowest BCUT2D eigenvalue weighted by molar-refractivity contribution is -0.192. The van der Waals surface area contributed by atoms with Crippen molar-refractivity contribution in [2.75, 3.05) is 26.4 Å². The molecule has 0 N–H and O–H groups in total. The van der Waals surface area contributed by atoms with Crippen molar-refractivity contribution in [2.24, 2.45) is 10.8 Å². The SMILES string of the molecule is C1CC2(CCC13COC3)COC2. The van der Waals surface area contributed by atoms with Crippen LogP contribution in [0.4, 0.5) is 0 Å². The zero-order valence-electron chi connectivity index (χ0n) is 7.47. The predicted octanol–water partition coefficient (Wildman–Crippen LogP) is 1.59. The van der Waals surface area contributed by atoms with Crippen LogP contribution >= 0.6 is 0 Å². The van der Waals surface area contributed by atoms with E-state index in [1.165, 1.54) is 25.7 Å². The molecule has 2 aliphatic heterocycles. The lowest BCUT2D eigenvalue weighted by atomic mass is 9.62. The highest BCUT2D eigenvalue weighted by molar-refractivity contribution is 4.98. The Labute approximate surface area is 73.2 Å². The predicted molar refractivity (Wildman–Crippen MR) is 45.0 cm³/mol. The summed E-state index contributed by atoms with van der Waals surface area (Å²) in [5.74, 6) is 0. The van der Waals surface area contributed by atoms with Gasteiger partial charge in [-0.2, -0.15) is 0 Å². The van der Waals surface area contributed by atoms with E-state index in [0.29, 0.717) is 10.8 Å². The number of rotatable bonds is 0. The zero-order valence-corrected chi connectivity index (χ0v) is 7.47. The molecule has 0 radical (unpaired) electrons. The Kier molecular flexibility index (Phi) is 1.37. The van der Waals surface area contributed by atoms with E-state index in [0.717, 1.165) is 26.4 Å². The first-order valence-corrected chi connectivity index (χ1v) is 4.98. The maximum atomic E-state index is 5.30. The highest BCUT2D eigenvalue weighted by Crippen LogP contribution is 2.51. The fraction of sp³-hybridized carbons (Fsp3) is 1.00. The first kappa shape index (κ1) is 7.34. The molecule has 3 rings (SSSR count). The molecular weight excluding hydrogens is 152 g/mol. The van der Waals surface area contributed by atoms with Crippen molar-refractivity contribution in [2.45, 2.75) is 25.7 Å². The maximum absolute atomic E-state index is 5.30. The minimum Gasteiger partial charge on any atom is -0.380 e. The van der Waals surface area contributed by atoms with Gasteiger partial charge in [-0.3, -0.25) is 0 Å². The standard InChI is InChI=1S/C10H16O2/c1-2-10(7-12-8-10)4-3-9(1)5-11-6-9/h1-8H2. The van der Waals surface area contributed by atoms with Crippen LogP contribution in [-0.2, 0) is 9.47 Å². The van der Waals surface area contributed by atoms with Crippen LogP contribution < -0.4 is 0 Å². The van der Waals surface area contributed by atoms with Gasteiger partial charge in [-0.15, -0.1) is 0 Å². The van der Waals surface area contributed by atoms with Crippen molar-refractivity contribution in [1.29, 1.82) is 0 Å². The minimum atomic E-state index is 0.612. The van der Waals surface area contributed by atoms with E-state index >= 15 is 0 Å². The third-order valence-corrected chi connectivity index (χ3v) is 4.00. The molecule has 0 bridgehead atoms.